The summed E-state index contributed by atoms with van der Waals surface area (Å²) in [6, 6.07) is 6.17. The smallest absolute Gasteiger partial charge is 0.335 e. The van der Waals surface area contributed by atoms with Crippen LogP contribution in [-0.4, -0.2) is 22.0 Å². The number of carbonyl (C=O) groups is 2. The molecule has 0 unspecified atom stereocenters. The number of carboxylic acid groups (broad SMARTS) is 1. The number of anilines is 1. The standard InChI is InChI=1S/C16H18N2O3S/c1-9-12(22-15(17-9)16(2,3)4)13(19)18-11-7-5-6-10(8-11)14(20)21/h5-8H,1-4H3,(H,18,19)(H,20,21). The summed E-state index contributed by atoms with van der Waals surface area (Å²) in [6.07, 6.45) is 0. The number of rotatable bonds is 3. The highest BCUT2D eigenvalue weighted by Crippen LogP contribution is 2.29. The normalized spacial score (nSPS) is 11.3. The molecule has 116 valence electrons. The number of aromatic carboxylic acids is 1. The van der Waals surface area contributed by atoms with Crippen LogP contribution in [0.25, 0.3) is 0 Å². The zero-order valence-corrected chi connectivity index (χ0v) is 13.7. The molecule has 0 saturated carbocycles. The van der Waals surface area contributed by atoms with E-state index in [9.17, 15) is 9.59 Å². The van der Waals surface area contributed by atoms with E-state index in [1.807, 2.05) is 20.8 Å². The molecular weight excluding hydrogens is 300 g/mol. The van der Waals surface area contributed by atoms with Crippen molar-refractivity contribution in [2.45, 2.75) is 33.1 Å². The minimum Gasteiger partial charge on any atom is -0.478 e. The molecule has 6 heteroatoms. The van der Waals surface area contributed by atoms with E-state index in [0.29, 0.717) is 16.3 Å². The number of carboxylic acids is 1. The maximum absolute atomic E-state index is 12.4. The molecule has 1 aromatic heterocycles. The number of benzene rings is 1. The summed E-state index contributed by atoms with van der Waals surface area (Å²) in [5, 5.41) is 12.6. The summed E-state index contributed by atoms with van der Waals surface area (Å²) < 4.78 is 0. The SMILES string of the molecule is Cc1nc(C(C)(C)C)sc1C(=O)Nc1cccc(C(=O)O)c1. The Morgan fingerprint density at radius 3 is 2.50 bits per heavy atom. The van der Waals surface area contributed by atoms with E-state index in [1.165, 1.54) is 23.5 Å². The zero-order chi connectivity index (χ0) is 16.5. The van der Waals surface area contributed by atoms with Crippen molar-refractivity contribution in [3.63, 3.8) is 0 Å². The first-order valence-corrected chi connectivity index (χ1v) is 7.63. The lowest BCUT2D eigenvalue weighted by Crippen LogP contribution is -2.12. The molecule has 0 atom stereocenters. The van der Waals surface area contributed by atoms with Crippen LogP contribution in [0.3, 0.4) is 0 Å². The molecule has 1 heterocycles. The van der Waals surface area contributed by atoms with Gasteiger partial charge in [-0.3, -0.25) is 4.79 Å². The molecule has 1 amide bonds. The van der Waals surface area contributed by atoms with E-state index in [-0.39, 0.29) is 16.9 Å². The van der Waals surface area contributed by atoms with Gasteiger partial charge in [-0.1, -0.05) is 26.8 Å². The first-order valence-electron chi connectivity index (χ1n) is 6.81. The summed E-state index contributed by atoms with van der Waals surface area (Å²) >= 11 is 1.36. The van der Waals surface area contributed by atoms with Crippen molar-refractivity contribution in [2.75, 3.05) is 5.32 Å². The molecular formula is C16H18N2O3S. The Bertz CT molecular complexity index is 729. The van der Waals surface area contributed by atoms with E-state index < -0.39 is 5.97 Å². The lowest BCUT2D eigenvalue weighted by Gasteiger charge is -2.13. The van der Waals surface area contributed by atoms with Crippen LogP contribution in [0.5, 0.6) is 0 Å². The van der Waals surface area contributed by atoms with Gasteiger partial charge in [0.2, 0.25) is 0 Å². The molecule has 0 bridgehead atoms. The number of amides is 1. The number of hydrogen-bond acceptors (Lipinski definition) is 4. The Morgan fingerprint density at radius 1 is 1.27 bits per heavy atom. The van der Waals surface area contributed by atoms with Crippen molar-refractivity contribution in [3.05, 3.63) is 45.4 Å². The fraction of sp³-hybridized carbons (Fsp3) is 0.312. The topological polar surface area (TPSA) is 79.3 Å². The second-order valence-electron chi connectivity index (χ2n) is 6.02. The maximum atomic E-state index is 12.4. The summed E-state index contributed by atoms with van der Waals surface area (Å²) in [4.78, 5) is 28.3. The van der Waals surface area contributed by atoms with E-state index in [0.717, 1.165) is 5.01 Å². The fourth-order valence-corrected chi connectivity index (χ4v) is 2.86. The van der Waals surface area contributed by atoms with Crippen LogP contribution in [-0.2, 0) is 5.41 Å². The Kier molecular flexibility index (Phi) is 4.32. The van der Waals surface area contributed by atoms with E-state index in [4.69, 9.17) is 5.11 Å². The van der Waals surface area contributed by atoms with Crippen LogP contribution in [0.2, 0.25) is 0 Å². The molecule has 1 aromatic carbocycles. The molecule has 22 heavy (non-hydrogen) atoms. The molecule has 2 aromatic rings. The largest absolute Gasteiger partial charge is 0.478 e. The van der Waals surface area contributed by atoms with E-state index in [2.05, 4.69) is 10.3 Å². The van der Waals surface area contributed by atoms with Crippen LogP contribution < -0.4 is 5.32 Å². The summed E-state index contributed by atoms with van der Waals surface area (Å²) in [7, 11) is 0. The van der Waals surface area contributed by atoms with Crippen molar-refractivity contribution in [3.8, 4) is 0 Å². The van der Waals surface area contributed by atoms with Crippen molar-refractivity contribution < 1.29 is 14.7 Å². The summed E-state index contributed by atoms with van der Waals surface area (Å²) in [5.74, 6) is -1.30. The third-order valence-corrected chi connectivity index (χ3v) is 4.59. The lowest BCUT2D eigenvalue weighted by atomic mass is 9.98. The highest BCUT2D eigenvalue weighted by atomic mass is 32.1. The first-order chi connectivity index (χ1) is 10.2. The Morgan fingerprint density at radius 2 is 1.95 bits per heavy atom. The predicted octanol–water partition coefficient (Wildman–Crippen LogP) is 3.70. The van der Waals surface area contributed by atoms with Crippen LogP contribution in [0, 0.1) is 6.92 Å². The highest BCUT2D eigenvalue weighted by Gasteiger charge is 2.23. The van der Waals surface area contributed by atoms with Gasteiger partial charge >= 0.3 is 5.97 Å². The molecule has 0 radical (unpaired) electrons. The second-order valence-corrected chi connectivity index (χ2v) is 7.02. The number of carbonyl (C=O) groups excluding carboxylic acids is 1. The average molecular weight is 318 g/mol. The number of hydrogen-bond donors (Lipinski definition) is 2. The van der Waals surface area contributed by atoms with E-state index in [1.54, 1.807) is 19.1 Å². The third kappa shape index (κ3) is 3.51. The quantitative estimate of drug-likeness (QED) is 0.904. The number of nitrogens with zero attached hydrogens (tertiary/aromatic N) is 1. The fourth-order valence-electron chi connectivity index (χ4n) is 1.85. The number of aromatic nitrogens is 1. The lowest BCUT2D eigenvalue weighted by molar-refractivity contribution is 0.0696. The van der Waals surface area contributed by atoms with Crippen LogP contribution >= 0.6 is 11.3 Å². The van der Waals surface area contributed by atoms with Crippen LogP contribution in [0.1, 0.15) is 51.5 Å². The van der Waals surface area contributed by atoms with Gasteiger partial charge in [0, 0.05) is 11.1 Å². The molecule has 5 nitrogen and oxygen atoms in total. The average Bonchev–Trinajstić information content (AvgIpc) is 2.81. The van der Waals surface area contributed by atoms with Crippen molar-refractivity contribution in [1.82, 2.24) is 4.98 Å². The summed E-state index contributed by atoms with van der Waals surface area (Å²) in [6.45, 7) is 7.93. The molecule has 0 fully saturated rings. The molecule has 0 spiro atoms. The minimum absolute atomic E-state index is 0.114. The minimum atomic E-state index is -1.03. The predicted molar refractivity (Wildman–Crippen MR) is 86.9 cm³/mol. The third-order valence-electron chi connectivity index (χ3n) is 3.01. The number of nitrogens with one attached hydrogen (secondary N) is 1. The molecule has 2 N–H and O–H groups in total. The molecule has 2 rings (SSSR count). The van der Waals surface area contributed by atoms with E-state index >= 15 is 0 Å². The highest BCUT2D eigenvalue weighted by molar-refractivity contribution is 7.14. The van der Waals surface area contributed by atoms with Gasteiger partial charge in [0.15, 0.2) is 0 Å². The zero-order valence-electron chi connectivity index (χ0n) is 12.9. The number of aryl methyl sites for hydroxylation is 1. The second kappa shape index (κ2) is 5.88. The van der Waals surface area contributed by atoms with Gasteiger partial charge < -0.3 is 10.4 Å². The molecule has 0 saturated heterocycles. The van der Waals surface area contributed by atoms with Crippen molar-refractivity contribution in [1.29, 1.82) is 0 Å². The van der Waals surface area contributed by atoms with Gasteiger partial charge in [0.25, 0.3) is 5.91 Å². The Balaban J connectivity index is 2.25. The van der Waals surface area contributed by atoms with Gasteiger partial charge in [-0.25, -0.2) is 9.78 Å². The van der Waals surface area contributed by atoms with Gasteiger partial charge in [-0.05, 0) is 25.1 Å². The van der Waals surface area contributed by atoms with Gasteiger partial charge in [-0.2, -0.15) is 0 Å². The van der Waals surface area contributed by atoms with Crippen LogP contribution in [0.4, 0.5) is 5.69 Å². The first kappa shape index (κ1) is 16.2. The number of thiazole rings is 1. The summed E-state index contributed by atoms with van der Waals surface area (Å²) in [5.41, 5.74) is 1.16. The van der Waals surface area contributed by atoms with Gasteiger partial charge in [0.05, 0.1) is 16.3 Å². The maximum Gasteiger partial charge on any atom is 0.335 e. The molecule has 0 aliphatic heterocycles. The molecule has 0 aliphatic rings. The van der Waals surface area contributed by atoms with Crippen LogP contribution in [0.15, 0.2) is 24.3 Å². The Labute approximate surface area is 133 Å². The van der Waals surface area contributed by atoms with Gasteiger partial charge in [0.1, 0.15) is 4.88 Å². The molecule has 0 aliphatic carbocycles. The van der Waals surface area contributed by atoms with Gasteiger partial charge in [-0.15, -0.1) is 11.3 Å². The monoisotopic (exact) mass is 318 g/mol. The van der Waals surface area contributed by atoms with Crippen molar-refractivity contribution in [2.24, 2.45) is 0 Å². The Hall–Kier alpha value is -2.21. The van der Waals surface area contributed by atoms with Crippen molar-refractivity contribution >= 4 is 28.9 Å².